The predicted molar refractivity (Wildman–Crippen MR) is 147 cm³/mol. The van der Waals surface area contributed by atoms with E-state index in [2.05, 4.69) is 124 Å². The lowest BCUT2D eigenvalue weighted by Gasteiger charge is -2.28. The highest BCUT2D eigenvalue weighted by atomic mass is 28.3. The van der Waals surface area contributed by atoms with Crippen molar-refractivity contribution in [3.63, 3.8) is 0 Å². The molecule has 2 aromatic rings. The minimum absolute atomic E-state index is 0.0944. The van der Waals surface area contributed by atoms with Gasteiger partial charge < -0.3 is 0 Å². The summed E-state index contributed by atoms with van der Waals surface area (Å²) in [6.45, 7) is 28.9. The molecule has 2 heteroatoms. The van der Waals surface area contributed by atoms with Crippen molar-refractivity contribution in [1.29, 1.82) is 0 Å². The van der Waals surface area contributed by atoms with Gasteiger partial charge in [-0.15, -0.1) is 0 Å². The first-order chi connectivity index (χ1) is 13.9. The molecule has 0 aliphatic heterocycles. The first-order valence-electron chi connectivity index (χ1n) is 11.8. The molecule has 2 aromatic carbocycles. The minimum Gasteiger partial charge on any atom is -0.0656 e. The summed E-state index contributed by atoms with van der Waals surface area (Å²) >= 11 is 0. The van der Waals surface area contributed by atoms with Crippen molar-refractivity contribution in [2.75, 3.05) is 0 Å². The van der Waals surface area contributed by atoms with E-state index >= 15 is 0 Å². The third-order valence-electron chi connectivity index (χ3n) is 6.52. The van der Waals surface area contributed by atoms with Gasteiger partial charge in [0, 0.05) is 6.42 Å². The highest BCUT2D eigenvalue weighted by Crippen LogP contribution is 2.45. The van der Waals surface area contributed by atoms with E-state index in [1.54, 1.807) is 10.4 Å². The van der Waals surface area contributed by atoms with Crippen LogP contribution in [-0.2, 0) is 5.41 Å². The highest BCUT2D eigenvalue weighted by molar-refractivity contribution is 6.91. The maximum atomic E-state index is 2.55. The van der Waals surface area contributed by atoms with Gasteiger partial charge in [0.1, 0.15) is 0 Å². The van der Waals surface area contributed by atoms with Crippen molar-refractivity contribution < 1.29 is 0 Å². The Balaban J connectivity index is 2.40. The van der Waals surface area contributed by atoms with Gasteiger partial charge in [0.25, 0.3) is 0 Å². The van der Waals surface area contributed by atoms with Crippen molar-refractivity contribution in [3.05, 3.63) is 59.0 Å². The molecule has 0 fully saturated rings. The number of rotatable bonds is 3. The number of hydrogen-bond acceptors (Lipinski definition) is 0. The fourth-order valence-corrected chi connectivity index (χ4v) is 6.79. The fourth-order valence-electron chi connectivity index (χ4n) is 4.29. The first-order valence-corrected chi connectivity index (χ1v) is 18.8. The molecular weight excluding hydrogens is 404 g/mol. The average molecular weight is 448 g/mol. The Labute approximate surface area is 194 Å². The van der Waals surface area contributed by atoms with Gasteiger partial charge in [-0.2, -0.15) is 0 Å². The van der Waals surface area contributed by atoms with Gasteiger partial charge in [-0.25, -0.2) is 0 Å². The molecule has 0 saturated carbocycles. The maximum Gasteiger partial charge on any atom is 0.0776 e. The zero-order chi connectivity index (χ0) is 23.6. The Morgan fingerprint density at radius 2 is 1.16 bits per heavy atom. The molecule has 0 nitrogen and oxygen atoms in total. The van der Waals surface area contributed by atoms with Gasteiger partial charge in [0.05, 0.1) is 16.1 Å². The highest BCUT2D eigenvalue weighted by Gasteiger charge is 2.30. The van der Waals surface area contributed by atoms with Crippen molar-refractivity contribution >= 4 is 32.6 Å². The second-order valence-corrected chi connectivity index (χ2v) is 23.7. The quantitative estimate of drug-likeness (QED) is 0.422. The lowest BCUT2D eigenvalue weighted by Crippen LogP contribution is -2.45. The number of allylic oxidation sites excluding steroid dienone is 1. The Morgan fingerprint density at radius 1 is 0.645 bits per heavy atom. The summed E-state index contributed by atoms with van der Waals surface area (Å²) in [5, 5.41) is 3.17. The average Bonchev–Trinajstić information content (AvgIpc) is 3.02. The van der Waals surface area contributed by atoms with Gasteiger partial charge in [-0.3, -0.25) is 0 Å². The van der Waals surface area contributed by atoms with Crippen LogP contribution in [0.1, 0.15) is 58.2 Å². The summed E-state index contributed by atoms with van der Waals surface area (Å²) in [6, 6.07) is 12.3. The van der Waals surface area contributed by atoms with Crippen LogP contribution >= 0.6 is 0 Å². The van der Waals surface area contributed by atoms with E-state index in [4.69, 9.17) is 0 Å². The van der Waals surface area contributed by atoms with E-state index in [0.717, 1.165) is 0 Å². The van der Waals surface area contributed by atoms with Crippen LogP contribution in [0.4, 0.5) is 0 Å². The molecule has 0 unspecified atom stereocenters. The summed E-state index contributed by atoms with van der Waals surface area (Å²) < 4.78 is 0. The van der Waals surface area contributed by atoms with Gasteiger partial charge in [0.15, 0.2) is 0 Å². The van der Waals surface area contributed by atoms with E-state index in [-0.39, 0.29) is 10.8 Å². The largest absolute Gasteiger partial charge is 0.0776 e. The van der Waals surface area contributed by atoms with Gasteiger partial charge in [0.2, 0.25) is 0 Å². The molecule has 1 aliphatic rings. The Morgan fingerprint density at radius 3 is 1.58 bits per heavy atom. The van der Waals surface area contributed by atoms with E-state index in [1.807, 2.05) is 0 Å². The molecule has 31 heavy (non-hydrogen) atoms. The van der Waals surface area contributed by atoms with Crippen LogP contribution in [0.2, 0.25) is 39.3 Å². The van der Waals surface area contributed by atoms with E-state index in [9.17, 15) is 0 Å². The molecule has 1 radical (unpaired) electrons. The molecule has 167 valence electrons. The Hall–Kier alpha value is -1.39. The molecule has 0 atom stereocenters. The molecule has 0 bridgehead atoms. The first kappa shape index (κ1) is 24.3. The third-order valence-corrected chi connectivity index (χ3v) is 10.6. The lowest BCUT2D eigenvalue weighted by molar-refractivity contribution is 0.516. The summed E-state index contributed by atoms with van der Waals surface area (Å²) in [6.07, 6.45) is 4.88. The van der Waals surface area contributed by atoms with E-state index in [0.29, 0.717) is 0 Å². The van der Waals surface area contributed by atoms with Crippen molar-refractivity contribution in [3.8, 4) is 11.1 Å². The van der Waals surface area contributed by atoms with E-state index < -0.39 is 16.1 Å². The summed E-state index contributed by atoms with van der Waals surface area (Å²) in [4.78, 5) is 0. The van der Waals surface area contributed by atoms with Gasteiger partial charge in [-0.1, -0.05) is 133 Å². The molecule has 1 aliphatic carbocycles. The molecule has 3 rings (SSSR count). The molecule has 0 saturated heterocycles. The molecule has 0 heterocycles. The zero-order valence-electron chi connectivity index (χ0n) is 22.0. The van der Waals surface area contributed by atoms with Crippen LogP contribution in [0.25, 0.3) is 17.2 Å². The van der Waals surface area contributed by atoms with Crippen LogP contribution in [0.3, 0.4) is 0 Å². The molecule has 0 aromatic heterocycles. The van der Waals surface area contributed by atoms with E-state index in [1.165, 1.54) is 33.4 Å². The number of hydrogen-bond donors (Lipinski definition) is 0. The van der Waals surface area contributed by atoms with Gasteiger partial charge >= 0.3 is 0 Å². The normalized spacial score (nSPS) is 15.2. The van der Waals surface area contributed by atoms with Crippen molar-refractivity contribution in [1.82, 2.24) is 0 Å². The Bertz CT molecular complexity index is 994. The fraction of sp³-hybridized carbons (Fsp3) is 0.483. The molecule has 0 N–H and O–H groups in total. The zero-order valence-corrected chi connectivity index (χ0v) is 24.0. The monoisotopic (exact) mass is 447 g/mol. The second kappa shape index (κ2) is 7.59. The molecule has 0 amide bonds. The van der Waals surface area contributed by atoms with Crippen LogP contribution in [-0.4, -0.2) is 16.1 Å². The SMILES string of the molecule is CC(C)(C)C1=Cc2c(ccc(C(C)(C)C)c2-c2cc([Si](C)(C)C)cc([Si](C)(C)C)c2)[CH]1. The molecular formula is C29H43Si2. The molecule has 0 spiro atoms. The lowest BCUT2D eigenvalue weighted by atomic mass is 9.79. The summed E-state index contributed by atoms with van der Waals surface area (Å²) in [5.41, 5.74) is 8.83. The van der Waals surface area contributed by atoms with Crippen molar-refractivity contribution in [2.45, 2.75) is 86.2 Å². The minimum atomic E-state index is -1.44. The predicted octanol–water partition coefficient (Wildman–Crippen LogP) is 7.74. The van der Waals surface area contributed by atoms with Crippen LogP contribution in [0.5, 0.6) is 0 Å². The maximum absolute atomic E-state index is 2.55. The standard InChI is InChI=1S/C29H43Si2/c1-28(2,3)22-15-20-13-14-26(29(4,5)6)27(25(20)18-22)21-16-23(30(7,8)9)19-24(17-21)31(10,11)12/h13-19H,1-12H3. The second-order valence-electron chi connectivity index (χ2n) is 13.5. The van der Waals surface area contributed by atoms with Crippen LogP contribution in [0.15, 0.2) is 35.9 Å². The van der Waals surface area contributed by atoms with Gasteiger partial charge in [-0.05, 0) is 38.6 Å². The smallest absolute Gasteiger partial charge is 0.0656 e. The summed E-state index contributed by atoms with van der Waals surface area (Å²) in [7, 11) is -2.88. The van der Waals surface area contributed by atoms with Crippen molar-refractivity contribution in [2.24, 2.45) is 5.41 Å². The van der Waals surface area contributed by atoms with Crippen LogP contribution in [0, 0.1) is 11.8 Å². The third kappa shape index (κ3) is 5.01. The number of benzene rings is 2. The summed E-state index contributed by atoms with van der Waals surface area (Å²) in [5.74, 6) is 0. The Kier molecular flexibility index (Phi) is 5.94. The van der Waals surface area contributed by atoms with Crippen LogP contribution < -0.4 is 10.4 Å². The number of fused-ring (bicyclic) bond motifs is 1. The topological polar surface area (TPSA) is 0 Å².